The van der Waals surface area contributed by atoms with Crippen LogP contribution < -0.4 is 5.32 Å². The van der Waals surface area contributed by atoms with Crippen molar-refractivity contribution in [2.24, 2.45) is 11.3 Å². The molecule has 1 saturated heterocycles. The molecular formula is C15H30N2O. The highest BCUT2D eigenvalue weighted by Crippen LogP contribution is 2.41. The Balaban J connectivity index is 1.92. The second-order valence-electron chi connectivity index (χ2n) is 6.85. The van der Waals surface area contributed by atoms with Crippen molar-refractivity contribution in [3.8, 4) is 0 Å². The van der Waals surface area contributed by atoms with Gasteiger partial charge in [-0.15, -0.1) is 0 Å². The van der Waals surface area contributed by atoms with E-state index in [-0.39, 0.29) is 0 Å². The van der Waals surface area contributed by atoms with E-state index in [0.717, 1.165) is 19.1 Å². The molecule has 18 heavy (non-hydrogen) atoms. The van der Waals surface area contributed by atoms with Crippen LogP contribution >= 0.6 is 0 Å². The van der Waals surface area contributed by atoms with Crippen molar-refractivity contribution in [2.75, 3.05) is 33.3 Å². The van der Waals surface area contributed by atoms with Crippen molar-refractivity contribution in [3.63, 3.8) is 0 Å². The average molecular weight is 254 g/mol. The van der Waals surface area contributed by atoms with E-state index < -0.39 is 0 Å². The van der Waals surface area contributed by atoms with Gasteiger partial charge in [0.05, 0.1) is 6.10 Å². The van der Waals surface area contributed by atoms with E-state index in [2.05, 4.69) is 38.0 Å². The van der Waals surface area contributed by atoms with Crippen molar-refractivity contribution in [3.05, 3.63) is 0 Å². The molecule has 3 heteroatoms. The summed E-state index contributed by atoms with van der Waals surface area (Å²) in [5.41, 5.74) is 0.452. The molecule has 106 valence electrons. The van der Waals surface area contributed by atoms with Crippen LogP contribution in [0.25, 0.3) is 0 Å². The van der Waals surface area contributed by atoms with Gasteiger partial charge in [0.25, 0.3) is 0 Å². The Hall–Kier alpha value is -0.120. The maximum Gasteiger partial charge on any atom is 0.0673 e. The first kappa shape index (κ1) is 14.3. The highest BCUT2D eigenvalue weighted by Gasteiger charge is 2.41. The van der Waals surface area contributed by atoms with E-state index in [1.165, 1.54) is 32.4 Å². The maximum atomic E-state index is 5.73. The van der Waals surface area contributed by atoms with Crippen LogP contribution in [0.1, 0.15) is 40.0 Å². The molecule has 1 heterocycles. The summed E-state index contributed by atoms with van der Waals surface area (Å²) in [6, 6.07) is 0.664. The third-order valence-electron chi connectivity index (χ3n) is 4.81. The third kappa shape index (κ3) is 3.25. The van der Waals surface area contributed by atoms with Gasteiger partial charge in [-0.25, -0.2) is 0 Å². The van der Waals surface area contributed by atoms with Gasteiger partial charge in [0, 0.05) is 32.3 Å². The van der Waals surface area contributed by atoms with Gasteiger partial charge in [0.1, 0.15) is 0 Å². The fraction of sp³-hybridized carbons (Fsp3) is 1.00. The Kier molecular flexibility index (Phi) is 4.68. The van der Waals surface area contributed by atoms with Crippen LogP contribution in [0.2, 0.25) is 0 Å². The van der Waals surface area contributed by atoms with Gasteiger partial charge in [-0.2, -0.15) is 0 Å². The molecule has 0 amide bonds. The second kappa shape index (κ2) is 5.89. The molecule has 3 unspecified atom stereocenters. The molecule has 2 fully saturated rings. The molecule has 0 bridgehead atoms. The van der Waals surface area contributed by atoms with Gasteiger partial charge >= 0.3 is 0 Å². The summed E-state index contributed by atoms with van der Waals surface area (Å²) in [6.45, 7) is 11.5. The number of ether oxygens (including phenoxy) is 1. The monoisotopic (exact) mass is 254 g/mol. The van der Waals surface area contributed by atoms with E-state index in [1.807, 2.05) is 0 Å². The first-order chi connectivity index (χ1) is 8.53. The number of nitrogens with one attached hydrogen (secondary N) is 1. The molecule has 1 aliphatic carbocycles. The van der Waals surface area contributed by atoms with E-state index in [9.17, 15) is 0 Å². The van der Waals surface area contributed by atoms with Gasteiger partial charge in [-0.3, -0.25) is 0 Å². The zero-order chi connectivity index (χ0) is 13.2. The maximum absolute atomic E-state index is 5.73. The van der Waals surface area contributed by atoms with E-state index in [0.29, 0.717) is 17.6 Å². The van der Waals surface area contributed by atoms with Crippen LogP contribution in [0.3, 0.4) is 0 Å². The highest BCUT2D eigenvalue weighted by molar-refractivity contribution is 4.96. The fourth-order valence-corrected chi connectivity index (χ4v) is 3.92. The van der Waals surface area contributed by atoms with Gasteiger partial charge in [0.2, 0.25) is 0 Å². The summed E-state index contributed by atoms with van der Waals surface area (Å²) in [4.78, 5) is 2.62. The lowest BCUT2D eigenvalue weighted by molar-refractivity contribution is 0.0643. The predicted octanol–water partition coefficient (Wildman–Crippen LogP) is 2.12. The number of rotatable bonds is 3. The molecule has 1 N–H and O–H groups in total. The standard InChI is InChI=1S/C15H30N2O/c1-12-10-17(8-5-9-18-12)11-13-6-7-15(2,3)14(13)16-4/h12-14,16H,5-11H2,1-4H3. The number of nitrogens with zero attached hydrogens (tertiary/aromatic N) is 1. The third-order valence-corrected chi connectivity index (χ3v) is 4.81. The Morgan fingerprint density at radius 1 is 1.39 bits per heavy atom. The van der Waals surface area contributed by atoms with E-state index in [1.54, 1.807) is 0 Å². The number of hydrogen-bond acceptors (Lipinski definition) is 3. The molecular weight excluding hydrogens is 224 g/mol. The quantitative estimate of drug-likeness (QED) is 0.835. The molecule has 2 rings (SSSR count). The molecule has 3 nitrogen and oxygen atoms in total. The molecule has 0 radical (unpaired) electrons. The molecule has 3 atom stereocenters. The molecule has 0 aromatic carbocycles. The predicted molar refractivity (Wildman–Crippen MR) is 75.8 cm³/mol. The van der Waals surface area contributed by atoms with Gasteiger partial charge in [-0.05, 0) is 44.6 Å². The summed E-state index contributed by atoms with van der Waals surface area (Å²) < 4.78 is 5.73. The molecule has 0 aromatic heterocycles. The van der Waals surface area contributed by atoms with Crippen molar-refractivity contribution in [1.29, 1.82) is 0 Å². The van der Waals surface area contributed by atoms with Crippen molar-refractivity contribution in [2.45, 2.75) is 52.2 Å². The van der Waals surface area contributed by atoms with Crippen molar-refractivity contribution >= 4 is 0 Å². The van der Waals surface area contributed by atoms with Crippen LogP contribution in [-0.4, -0.2) is 50.3 Å². The topological polar surface area (TPSA) is 24.5 Å². The van der Waals surface area contributed by atoms with E-state index >= 15 is 0 Å². The van der Waals surface area contributed by atoms with Gasteiger partial charge in [0.15, 0.2) is 0 Å². The Labute approximate surface area is 112 Å². The van der Waals surface area contributed by atoms with Crippen LogP contribution in [0, 0.1) is 11.3 Å². The fourth-order valence-electron chi connectivity index (χ4n) is 3.92. The van der Waals surface area contributed by atoms with Crippen LogP contribution in [-0.2, 0) is 4.74 Å². The largest absolute Gasteiger partial charge is 0.377 e. The van der Waals surface area contributed by atoms with Crippen molar-refractivity contribution in [1.82, 2.24) is 10.2 Å². The van der Waals surface area contributed by atoms with Crippen molar-refractivity contribution < 1.29 is 4.74 Å². The zero-order valence-electron chi connectivity index (χ0n) is 12.5. The smallest absolute Gasteiger partial charge is 0.0673 e. The molecule has 0 spiro atoms. The Morgan fingerprint density at radius 3 is 2.89 bits per heavy atom. The van der Waals surface area contributed by atoms with Crippen LogP contribution in [0.5, 0.6) is 0 Å². The molecule has 0 aromatic rings. The minimum atomic E-state index is 0.398. The summed E-state index contributed by atoms with van der Waals surface area (Å²) in [6.07, 6.45) is 4.30. The normalized spacial score (nSPS) is 37.7. The summed E-state index contributed by atoms with van der Waals surface area (Å²) in [5, 5.41) is 3.56. The number of hydrogen-bond donors (Lipinski definition) is 1. The summed E-state index contributed by atoms with van der Waals surface area (Å²) in [7, 11) is 2.12. The molecule has 2 aliphatic rings. The van der Waals surface area contributed by atoms with Crippen LogP contribution in [0.4, 0.5) is 0 Å². The average Bonchev–Trinajstić information content (AvgIpc) is 2.47. The minimum absolute atomic E-state index is 0.398. The van der Waals surface area contributed by atoms with E-state index in [4.69, 9.17) is 4.74 Å². The minimum Gasteiger partial charge on any atom is -0.377 e. The Bertz CT molecular complexity index is 267. The van der Waals surface area contributed by atoms with Crippen LogP contribution in [0.15, 0.2) is 0 Å². The first-order valence-electron chi connectivity index (χ1n) is 7.54. The summed E-state index contributed by atoms with van der Waals surface area (Å²) in [5.74, 6) is 0.801. The van der Waals surface area contributed by atoms with Gasteiger partial charge in [-0.1, -0.05) is 13.8 Å². The molecule has 1 aliphatic heterocycles. The lowest BCUT2D eigenvalue weighted by Crippen LogP contribution is -2.45. The SMILES string of the molecule is CNC1C(CN2CCCOC(C)C2)CCC1(C)C. The lowest BCUT2D eigenvalue weighted by atomic mass is 9.85. The Morgan fingerprint density at radius 2 is 2.17 bits per heavy atom. The zero-order valence-corrected chi connectivity index (χ0v) is 12.5. The lowest BCUT2D eigenvalue weighted by Gasteiger charge is -2.33. The first-order valence-corrected chi connectivity index (χ1v) is 7.54. The second-order valence-corrected chi connectivity index (χ2v) is 6.85. The summed E-state index contributed by atoms with van der Waals surface area (Å²) >= 11 is 0. The highest BCUT2D eigenvalue weighted by atomic mass is 16.5. The molecule has 1 saturated carbocycles. The van der Waals surface area contributed by atoms with Gasteiger partial charge < -0.3 is 15.0 Å².